The molecule has 5 nitrogen and oxygen atoms in total. The van der Waals surface area contributed by atoms with Crippen molar-refractivity contribution in [3.63, 3.8) is 0 Å². The largest absolute Gasteiger partial charge is 0.364 e. The molecule has 0 saturated carbocycles. The Balaban J connectivity index is 1.71. The van der Waals surface area contributed by atoms with Crippen molar-refractivity contribution in [3.8, 4) is 0 Å². The Kier molecular flexibility index (Phi) is 5.01. The number of hydrogen-bond donors (Lipinski definition) is 1. The summed E-state index contributed by atoms with van der Waals surface area (Å²) < 4.78 is 0. The molecule has 0 amide bonds. The van der Waals surface area contributed by atoms with Crippen LogP contribution in [-0.4, -0.2) is 22.0 Å². The molecular formula is C19H21N5. The number of pyridine rings is 1. The third kappa shape index (κ3) is 4.29. The van der Waals surface area contributed by atoms with Crippen LogP contribution in [0.3, 0.4) is 0 Å². The van der Waals surface area contributed by atoms with Gasteiger partial charge in [0, 0.05) is 31.5 Å². The van der Waals surface area contributed by atoms with Gasteiger partial charge in [0.15, 0.2) is 0 Å². The van der Waals surface area contributed by atoms with Gasteiger partial charge in [-0.2, -0.15) is 4.98 Å². The van der Waals surface area contributed by atoms with Crippen molar-refractivity contribution in [2.45, 2.75) is 20.0 Å². The number of nitrogens with one attached hydrogen (secondary N) is 1. The van der Waals surface area contributed by atoms with Gasteiger partial charge in [-0.1, -0.05) is 36.4 Å². The molecule has 3 aromatic rings. The summed E-state index contributed by atoms with van der Waals surface area (Å²) in [6, 6.07) is 18.1. The first-order chi connectivity index (χ1) is 11.7. The Hall–Kier alpha value is -2.95. The highest BCUT2D eigenvalue weighted by Crippen LogP contribution is 2.15. The maximum Gasteiger partial charge on any atom is 0.227 e. The minimum Gasteiger partial charge on any atom is -0.364 e. The summed E-state index contributed by atoms with van der Waals surface area (Å²) in [5, 5.41) is 3.32. The summed E-state index contributed by atoms with van der Waals surface area (Å²) >= 11 is 0. The second kappa shape index (κ2) is 7.55. The van der Waals surface area contributed by atoms with Gasteiger partial charge in [0.2, 0.25) is 5.95 Å². The average molecular weight is 319 g/mol. The molecule has 2 heterocycles. The summed E-state index contributed by atoms with van der Waals surface area (Å²) in [7, 11) is 2.00. The lowest BCUT2D eigenvalue weighted by atomic mass is 10.2. The van der Waals surface area contributed by atoms with Crippen LogP contribution in [0.2, 0.25) is 0 Å². The quantitative estimate of drug-likeness (QED) is 0.754. The molecule has 122 valence electrons. The number of rotatable bonds is 6. The van der Waals surface area contributed by atoms with Gasteiger partial charge in [-0.25, -0.2) is 4.98 Å². The SMILES string of the molecule is Cc1cc(NCc2ccccn2)nc(N(C)Cc2ccccc2)n1. The predicted octanol–water partition coefficient (Wildman–Crippen LogP) is 3.43. The Morgan fingerprint density at radius 1 is 1.00 bits per heavy atom. The monoisotopic (exact) mass is 319 g/mol. The fraction of sp³-hybridized carbons (Fsp3) is 0.211. The summed E-state index contributed by atoms with van der Waals surface area (Å²) in [5.74, 6) is 1.52. The van der Waals surface area contributed by atoms with Crippen LogP contribution >= 0.6 is 0 Å². The predicted molar refractivity (Wildman–Crippen MR) is 96.9 cm³/mol. The van der Waals surface area contributed by atoms with Gasteiger partial charge >= 0.3 is 0 Å². The molecule has 3 rings (SSSR count). The van der Waals surface area contributed by atoms with Crippen LogP contribution in [0.25, 0.3) is 0 Å². The molecule has 2 aromatic heterocycles. The topological polar surface area (TPSA) is 53.9 Å². The van der Waals surface area contributed by atoms with Crippen LogP contribution in [0, 0.1) is 6.92 Å². The highest BCUT2D eigenvalue weighted by molar-refractivity contribution is 5.44. The Bertz CT molecular complexity index is 774. The third-order valence-corrected chi connectivity index (χ3v) is 3.62. The highest BCUT2D eigenvalue weighted by Gasteiger charge is 2.08. The smallest absolute Gasteiger partial charge is 0.227 e. The molecule has 0 unspecified atom stereocenters. The number of nitrogens with zero attached hydrogens (tertiary/aromatic N) is 4. The number of benzene rings is 1. The van der Waals surface area contributed by atoms with E-state index in [1.807, 2.05) is 61.3 Å². The van der Waals surface area contributed by atoms with E-state index >= 15 is 0 Å². The number of aromatic nitrogens is 3. The maximum atomic E-state index is 4.62. The van der Waals surface area contributed by atoms with E-state index in [0.29, 0.717) is 12.5 Å². The van der Waals surface area contributed by atoms with Crippen LogP contribution in [-0.2, 0) is 13.1 Å². The first-order valence-corrected chi connectivity index (χ1v) is 7.95. The van der Waals surface area contributed by atoms with E-state index in [-0.39, 0.29) is 0 Å². The van der Waals surface area contributed by atoms with Crippen molar-refractivity contribution in [1.29, 1.82) is 0 Å². The van der Waals surface area contributed by atoms with E-state index in [2.05, 4.69) is 32.4 Å². The Morgan fingerprint density at radius 3 is 2.54 bits per heavy atom. The first kappa shape index (κ1) is 15.9. The summed E-state index contributed by atoms with van der Waals surface area (Å²) in [4.78, 5) is 15.5. The molecule has 24 heavy (non-hydrogen) atoms. The average Bonchev–Trinajstić information content (AvgIpc) is 2.61. The highest BCUT2D eigenvalue weighted by atomic mass is 15.2. The maximum absolute atomic E-state index is 4.62. The lowest BCUT2D eigenvalue weighted by molar-refractivity contribution is 0.858. The van der Waals surface area contributed by atoms with E-state index in [0.717, 1.165) is 23.8 Å². The molecule has 5 heteroatoms. The zero-order valence-corrected chi connectivity index (χ0v) is 14.0. The van der Waals surface area contributed by atoms with E-state index in [1.165, 1.54) is 5.56 Å². The van der Waals surface area contributed by atoms with Crippen LogP contribution in [0.15, 0.2) is 60.8 Å². The van der Waals surface area contributed by atoms with Crippen molar-refractivity contribution in [3.05, 3.63) is 77.7 Å². The van der Waals surface area contributed by atoms with Gasteiger partial charge in [-0.05, 0) is 24.6 Å². The molecule has 0 saturated heterocycles. The standard InChI is InChI=1S/C19H21N5/c1-15-12-18(21-13-17-10-6-7-11-20-17)23-19(22-15)24(2)14-16-8-4-3-5-9-16/h3-12H,13-14H2,1-2H3,(H,21,22,23). The Labute approximate surface area is 142 Å². The van der Waals surface area contributed by atoms with E-state index < -0.39 is 0 Å². The second-order valence-electron chi connectivity index (χ2n) is 5.71. The number of anilines is 2. The Morgan fingerprint density at radius 2 is 1.79 bits per heavy atom. The molecule has 1 N–H and O–H groups in total. The molecule has 1 aromatic carbocycles. The van der Waals surface area contributed by atoms with Gasteiger partial charge in [0.1, 0.15) is 5.82 Å². The van der Waals surface area contributed by atoms with Crippen molar-refractivity contribution in [2.24, 2.45) is 0 Å². The number of hydrogen-bond acceptors (Lipinski definition) is 5. The van der Waals surface area contributed by atoms with Crippen molar-refractivity contribution >= 4 is 11.8 Å². The van der Waals surface area contributed by atoms with Gasteiger partial charge in [0.05, 0.1) is 12.2 Å². The van der Waals surface area contributed by atoms with E-state index in [9.17, 15) is 0 Å². The van der Waals surface area contributed by atoms with Crippen molar-refractivity contribution in [2.75, 3.05) is 17.3 Å². The summed E-state index contributed by atoms with van der Waals surface area (Å²) in [5.41, 5.74) is 3.14. The van der Waals surface area contributed by atoms with Crippen LogP contribution < -0.4 is 10.2 Å². The first-order valence-electron chi connectivity index (χ1n) is 7.95. The lowest BCUT2D eigenvalue weighted by Gasteiger charge is -2.18. The zero-order chi connectivity index (χ0) is 16.8. The molecule has 0 aliphatic carbocycles. The van der Waals surface area contributed by atoms with Crippen LogP contribution in [0.1, 0.15) is 17.0 Å². The minimum absolute atomic E-state index is 0.638. The van der Waals surface area contributed by atoms with E-state index in [4.69, 9.17) is 0 Å². The third-order valence-electron chi connectivity index (χ3n) is 3.62. The molecule has 0 atom stereocenters. The van der Waals surface area contributed by atoms with Gasteiger partial charge in [-0.15, -0.1) is 0 Å². The molecule has 0 bridgehead atoms. The number of aryl methyl sites for hydroxylation is 1. The van der Waals surface area contributed by atoms with Crippen LogP contribution in [0.4, 0.5) is 11.8 Å². The van der Waals surface area contributed by atoms with Gasteiger partial charge in [-0.3, -0.25) is 4.98 Å². The minimum atomic E-state index is 0.638. The molecule has 0 aliphatic rings. The van der Waals surface area contributed by atoms with Gasteiger partial charge < -0.3 is 10.2 Å². The lowest BCUT2D eigenvalue weighted by Crippen LogP contribution is -2.20. The zero-order valence-electron chi connectivity index (χ0n) is 14.0. The molecule has 0 aliphatic heterocycles. The van der Waals surface area contributed by atoms with E-state index in [1.54, 1.807) is 6.20 Å². The molecule has 0 radical (unpaired) electrons. The van der Waals surface area contributed by atoms with Crippen molar-refractivity contribution < 1.29 is 0 Å². The fourth-order valence-electron chi connectivity index (χ4n) is 2.43. The van der Waals surface area contributed by atoms with Crippen LogP contribution in [0.5, 0.6) is 0 Å². The molecule has 0 spiro atoms. The summed E-state index contributed by atoms with van der Waals surface area (Å²) in [6.45, 7) is 3.39. The summed E-state index contributed by atoms with van der Waals surface area (Å²) in [6.07, 6.45) is 1.79. The second-order valence-corrected chi connectivity index (χ2v) is 5.71. The molecule has 0 fully saturated rings. The fourth-order valence-corrected chi connectivity index (χ4v) is 2.43. The normalized spacial score (nSPS) is 10.4. The van der Waals surface area contributed by atoms with Crippen molar-refractivity contribution in [1.82, 2.24) is 15.0 Å². The molecular weight excluding hydrogens is 298 g/mol. The van der Waals surface area contributed by atoms with Gasteiger partial charge in [0.25, 0.3) is 0 Å².